The summed E-state index contributed by atoms with van der Waals surface area (Å²) in [4.78, 5) is 11.7. The van der Waals surface area contributed by atoms with Crippen molar-refractivity contribution in [2.24, 2.45) is 0 Å². The van der Waals surface area contributed by atoms with E-state index in [9.17, 15) is 9.90 Å². The van der Waals surface area contributed by atoms with Crippen LogP contribution >= 0.6 is 11.3 Å². The molecule has 3 aromatic rings. The van der Waals surface area contributed by atoms with E-state index in [0.29, 0.717) is 16.0 Å². The smallest absolute Gasteiger partial charge is 0.347 e. The molecule has 0 amide bonds. The number of hydrogen-bond donors (Lipinski definition) is 2. The third-order valence-electron chi connectivity index (χ3n) is 2.48. The number of nitrogens with two attached hydrogens (primary N) is 1. The molecule has 3 rings (SSSR count). The van der Waals surface area contributed by atoms with Gasteiger partial charge in [-0.15, -0.1) is 11.3 Å². The van der Waals surface area contributed by atoms with Crippen molar-refractivity contribution >= 4 is 38.1 Å². The topological polar surface area (TPSA) is 76.5 Å². The molecule has 0 aliphatic carbocycles. The first-order valence-corrected chi connectivity index (χ1v) is 5.47. The van der Waals surface area contributed by atoms with Gasteiger partial charge in [-0.05, 0) is 12.1 Å². The summed E-state index contributed by atoms with van der Waals surface area (Å²) >= 11 is 1.31. The second-order valence-electron chi connectivity index (χ2n) is 3.46. The summed E-state index contributed by atoms with van der Waals surface area (Å²) in [6, 6.07) is 4.68. The van der Waals surface area contributed by atoms with Gasteiger partial charge in [0, 0.05) is 22.2 Å². The number of phenols is 1. The molecule has 0 saturated carbocycles. The number of benzene rings is 1. The zero-order chi connectivity index (χ0) is 11.3. The maximum Gasteiger partial charge on any atom is 0.347 e. The summed E-state index contributed by atoms with van der Waals surface area (Å²) in [5.41, 5.74) is 5.61. The van der Waals surface area contributed by atoms with Crippen LogP contribution < -0.4 is 11.4 Å². The molecule has 0 fully saturated rings. The molecule has 0 unspecified atom stereocenters. The molecule has 0 spiro atoms. The van der Waals surface area contributed by atoms with E-state index in [2.05, 4.69) is 0 Å². The lowest BCUT2D eigenvalue weighted by atomic mass is 10.1. The van der Waals surface area contributed by atoms with Crippen LogP contribution in [0.3, 0.4) is 0 Å². The normalized spacial score (nSPS) is 11.2. The van der Waals surface area contributed by atoms with Crippen LogP contribution in [0, 0.1) is 0 Å². The van der Waals surface area contributed by atoms with Crippen LogP contribution in [-0.2, 0) is 0 Å². The SMILES string of the molecule is Nc1scc2c1c(=O)oc1cc(O)ccc12. The van der Waals surface area contributed by atoms with Crippen molar-refractivity contribution in [1.29, 1.82) is 0 Å². The molecule has 4 nitrogen and oxygen atoms in total. The van der Waals surface area contributed by atoms with Gasteiger partial charge in [-0.2, -0.15) is 0 Å². The highest BCUT2D eigenvalue weighted by molar-refractivity contribution is 7.16. The molecule has 3 N–H and O–H groups in total. The molecule has 0 aliphatic rings. The van der Waals surface area contributed by atoms with Crippen LogP contribution in [0.15, 0.2) is 32.8 Å². The number of aromatic hydroxyl groups is 1. The first-order chi connectivity index (χ1) is 7.66. The number of hydrogen-bond acceptors (Lipinski definition) is 5. The fourth-order valence-electron chi connectivity index (χ4n) is 1.75. The van der Waals surface area contributed by atoms with Crippen molar-refractivity contribution in [2.45, 2.75) is 0 Å². The molecule has 0 bridgehead atoms. The predicted octanol–water partition coefficient (Wildman–Crippen LogP) is 2.30. The van der Waals surface area contributed by atoms with Crippen LogP contribution in [0.25, 0.3) is 21.7 Å². The second-order valence-corrected chi connectivity index (χ2v) is 4.37. The first-order valence-electron chi connectivity index (χ1n) is 4.59. The fourth-order valence-corrected chi connectivity index (χ4v) is 2.55. The Bertz CT molecular complexity index is 757. The molecule has 80 valence electrons. The van der Waals surface area contributed by atoms with E-state index in [0.717, 1.165) is 10.8 Å². The summed E-state index contributed by atoms with van der Waals surface area (Å²) in [6.45, 7) is 0. The Kier molecular flexibility index (Phi) is 1.73. The predicted molar refractivity (Wildman–Crippen MR) is 63.9 cm³/mol. The second kappa shape index (κ2) is 2.99. The van der Waals surface area contributed by atoms with Gasteiger partial charge in [0.2, 0.25) is 0 Å². The maximum absolute atomic E-state index is 11.7. The summed E-state index contributed by atoms with van der Waals surface area (Å²) in [6.07, 6.45) is 0. The minimum atomic E-state index is -0.466. The number of thiophene rings is 1. The van der Waals surface area contributed by atoms with Gasteiger partial charge in [0.05, 0.1) is 0 Å². The van der Waals surface area contributed by atoms with Crippen molar-refractivity contribution in [3.63, 3.8) is 0 Å². The zero-order valence-electron chi connectivity index (χ0n) is 8.06. The van der Waals surface area contributed by atoms with Crippen molar-refractivity contribution in [3.8, 4) is 5.75 Å². The monoisotopic (exact) mass is 233 g/mol. The van der Waals surface area contributed by atoms with Gasteiger partial charge >= 0.3 is 5.63 Å². The Balaban J connectivity index is 2.65. The van der Waals surface area contributed by atoms with Crippen LogP contribution in [0.1, 0.15) is 0 Å². The lowest BCUT2D eigenvalue weighted by Gasteiger charge is -1.99. The Hall–Kier alpha value is -2.01. The van der Waals surface area contributed by atoms with E-state index in [1.165, 1.54) is 17.4 Å². The van der Waals surface area contributed by atoms with E-state index >= 15 is 0 Å². The Morgan fingerprint density at radius 3 is 2.94 bits per heavy atom. The lowest BCUT2D eigenvalue weighted by Crippen LogP contribution is -2.00. The summed E-state index contributed by atoms with van der Waals surface area (Å²) in [7, 11) is 0. The Morgan fingerprint density at radius 2 is 2.12 bits per heavy atom. The number of rotatable bonds is 0. The lowest BCUT2D eigenvalue weighted by molar-refractivity contribution is 0.473. The molecule has 2 aromatic heterocycles. The van der Waals surface area contributed by atoms with E-state index in [1.54, 1.807) is 12.1 Å². The molecule has 5 heteroatoms. The minimum absolute atomic E-state index is 0.0678. The quantitative estimate of drug-likeness (QED) is 0.584. The van der Waals surface area contributed by atoms with Crippen molar-refractivity contribution < 1.29 is 9.52 Å². The third kappa shape index (κ3) is 1.12. The molecular formula is C11H7NO3S. The minimum Gasteiger partial charge on any atom is -0.508 e. The molecule has 0 saturated heterocycles. The number of nitrogen functional groups attached to an aromatic ring is 1. The van der Waals surface area contributed by atoms with Crippen LogP contribution in [0.2, 0.25) is 0 Å². The molecule has 0 atom stereocenters. The van der Waals surface area contributed by atoms with Gasteiger partial charge in [0.15, 0.2) is 0 Å². The standard InChI is InChI=1S/C11H7NO3S/c12-10-9-7(4-16-10)6-2-1-5(13)3-8(6)15-11(9)14/h1-4,13H,12H2. The van der Waals surface area contributed by atoms with E-state index in [1.807, 2.05) is 5.38 Å². The van der Waals surface area contributed by atoms with Gasteiger partial charge in [0.1, 0.15) is 21.7 Å². The fraction of sp³-hybridized carbons (Fsp3) is 0. The highest BCUT2D eigenvalue weighted by atomic mass is 32.1. The van der Waals surface area contributed by atoms with Crippen LogP contribution in [0.4, 0.5) is 5.00 Å². The Labute approximate surface area is 93.5 Å². The van der Waals surface area contributed by atoms with E-state index in [4.69, 9.17) is 10.2 Å². The number of phenolic OH excluding ortho intramolecular Hbond substituents is 1. The van der Waals surface area contributed by atoms with E-state index in [-0.39, 0.29) is 5.75 Å². The third-order valence-corrected chi connectivity index (χ3v) is 3.29. The number of anilines is 1. The van der Waals surface area contributed by atoms with Crippen molar-refractivity contribution in [3.05, 3.63) is 34.0 Å². The van der Waals surface area contributed by atoms with Gasteiger partial charge in [-0.25, -0.2) is 4.79 Å². The van der Waals surface area contributed by atoms with Crippen molar-refractivity contribution in [2.75, 3.05) is 5.73 Å². The van der Waals surface area contributed by atoms with Crippen molar-refractivity contribution in [1.82, 2.24) is 0 Å². The summed E-state index contributed by atoms with van der Waals surface area (Å²) in [5.74, 6) is 0.0678. The highest BCUT2D eigenvalue weighted by Crippen LogP contribution is 2.32. The number of fused-ring (bicyclic) bond motifs is 3. The molecule has 2 heterocycles. The maximum atomic E-state index is 11.7. The first kappa shape index (κ1) is 9.23. The molecule has 0 radical (unpaired) electrons. The van der Waals surface area contributed by atoms with Gasteiger partial charge in [0.25, 0.3) is 0 Å². The van der Waals surface area contributed by atoms with Crippen LogP contribution in [-0.4, -0.2) is 5.11 Å². The summed E-state index contributed by atoms with van der Waals surface area (Å²) < 4.78 is 5.11. The van der Waals surface area contributed by atoms with Gasteiger partial charge < -0.3 is 15.3 Å². The van der Waals surface area contributed by atoms with E-state index < -0.39 is 5.63 Å². The van der Waals surface area contributed by atoms with Gasteiger partial charge in [-0.3, -0.25) is 0 Å². The largest absolute Gasteiger partial charge is 0.508 e. The average Bonchev–Trinajstić information content (AvgIpc) is 2.61. The molecular weight excluding hydrogens is 226 g/mol. The molecule has 16 heavy (non-hydrogen) atoms. The average molecular weight is 233 g/mol. The van der Waals surface area contributed by atoms with Crippen LogP contribution in [0.5, 0.6) is 5.75 Å². The molecule has 1 aromatic carbocycles. The Morgan fingerprint density at radius 1 is 1.31 bits per heavy atom. The molecule has 0 aliphatic heterocycles. The summed E-state index contributed by atoms with van der Waals surface area (Å²) in [5, 5.41) is 13.6. The zero-order valence-corrected chi connectivity index (χ0v) is 8.88. The van der Waals surface area contributed by atoms with Gasteiger partial charge in [-0.1, -0.05) is 0 Å². The highest BCUT2D eigenvalue weighted by Gasteiger charge is 2.11.